The number of nitrogens with zero attached hydrogens (tertiary/aromatic N) is 4. The van der Waals surface area contributed by atoms with Crippen LogP contribution in [-0.4, -0.2) is 25.5 Å². The number of rotatable bonds is 5. The topological polar surface area (TPSA) is 64.7 Å². The first kappa shape index (κ1) is 20.0. The van der Waals surface area contributed by atoms with Crippen LogP contribution in [0, 0.1) is 0 Å². The van der Waals surface area contributed by atoms with Crippen molar-refractivity contribution in [1.82, 2.24) is 24.9 Å². The zero-order chi connectivity index (χ0) is 19.9. The highest BCUT2D eigenvalue weighted by Crippen LogP contribution is 2.37. The van der Waals surface area contributed by atoms with Gasteiger partial charge in [0.1, 0.15) is 21.9 Å². The highest BCUT2D eigenvalue weighted by Gasteiger charge is 2.41. The van der Waals surface area contributed by atoms with E-state index in [1.165, 1.54) is 9.36 Å². The van der Waals surface area contributed by atoms with Crippen LogP contribution in [0.3, 0.4) is 0 Å². The Labute approximate surface area is 163 Å². The first-order valence-corrected chi connectivity index (χ1v) is 9.22. The average molecular weight is 424 g/mol. The summed E-state index contributed by atoms with van der Waals surface area (Å²) in [7, 11) is 1.61. The van der Waals surface area contributed by atoms with Gasteiger partial charge in [0.25, 0.3) is 0 Å². The van der Waals surface area contributed by atoms with Crippen molar-refractivity contribution in [3.8, 4) is 0 Å². The predicted molar refractivity (Wildman–Crippen MR) is 93.7 cm³/mol. The van der Waals surface area contributed by atoms with Crippen LogP contribution < -0.4 is 5.32 Å². The fourth-order valence-corrected chi connectivity index (χ4v) is 3.72. The summed E-state index contributed by atoms with van der Waals surface area (Å²) in [5.41, 5.74) is 0.186. The van der Waals surface area contributed by atoms with Crippen molar-refractivity contribution in [2.75, 3.05) is 0 Å². The van der Waals surface area contributed by atoms with Crippen LogP contribution in [0.25, 0.3) is 0 Å². The average Bonchev–Trinajstić information content (AvgIpc) is 3.25. The van der Waals surface area contributed by atoms with Crippen LogP contribution in [0.1, 0.15) is 48.5 Å². The standard InChI is InChI=1S/C16H18Cl2F3N5O/c1-3-10(15(27)22-7-9-12(17)14(18)25(2)23-9)26-11-6-4-5-8(11)13(24-26)16(19,20)21/h10H,3-7H2,1-2H3,(H,22,27)/t10-/m0/s1. The van der Waals surface area contributed by atoms with E-state index < -0.39 is 23.8 Å². The second-order valence-corrected chi connectivity index (χ2v) is 7.12. The van der Waals surface area contributed by atoms with Crippen LogP contribution in [0.5, 0.6) is 0 Å². The van der Waals surface area contributed by atoms with Gasteiger partial charge in [-0.05, 0) is 25.7 Å². The van der Waals surface area contributed by atoms with Crippen LogP contribution >= 0.6 is 23.2 Å². The van der Waals surface area contributed by atoms with Crippen molar-refractivity contribution in [2.24, 2.45) is 7.05 Å². The van der Waals surface area contributed by atoms with Gasteiger partial charge in [0.15, 0.2) is 5.69 Å². The Morgan fingerprint density at radius 2 is 2.00 bits per heavy atom. The second-order valence-electron chi connectivity index (χ2n) is 6.39. The largest absolute Gasteiger partial charge is 0.435 e. The molecule has 2 aromatic heterocycles. The number of aryl methyl sites for hydroxylation is 1. The number of amides is 1. The molecule has 0 fully saturated rings. The zero-order valence-electron chi connectivity index (χ0n) is 14.7. The maximum absolute atomic E-state index is 13.3. The fourth-order valence-electron chi connectivity index (χ4n) is 3.35. The molecule has 27 heavy (non-hydrogen) atoms. The fraction of sp³-hybridized carbons (Fsp3) is 0.562. The molecule has 11 heteroatoms. The van der Waals surface area contributed by atoms with Gasteiger partial charge in [-0.2, -0.15) is 23.4 Å². The molecule has 6 nitrogen and oxygen atoms in total. The van der Waals surface area contributed by atoms with E-state index in [1.54, 1.807) is 14.0 Å². The third kappa shape index (κ3) is 3.67. The van der Waals surface area contributed by atoms with E-state index in [1.807, 2.05) is 0 Å². The van der Waals surface area contributed by atoms with Crippen molar-refractivity contribution in [3.63, 3.8) is 0 Å². The maximum Gasteiger partial charge on any atom is 0.435 e. The Morgan fingerprint density at radius 1 is 1.30 bits per heavy atom. The Kier molecular flexibility index (Phi) is 5.45. The number of carbonyl (C=O) groups is 1. The molecule has 3 rings (SSSR count). The second kappa shape index (κ2) is 7.35. The van der Waals surface area contributed by atoms with E-state index in [9.17, 15) is 18.0 Å². The Morgan fingerprint density at radius 3 is 2.56 bits per heavy atom. The van der Waals surface area contributed by atoms with Crippen LogP contribution in [0.2, 0.25) is 10.2 Å². The molecule has 0 bridgehead atoms. The Balaban J connectivity index is 1.83. The molecule has 1 N–H and O–H groups in total. The van der Waals surface area contributed by atoms with E-state index in [2.05, 4.69) is 15.5 Å². The number of halogens is 5. The van der Waals surface area contributed by atoms with E-state index >= 15 is 0 Å². The number of hydrogen-bond donors (Lipinski definition) is 1. The molecule has 0 aliphatic heterocycles. The number of alkyl halides is 3. The summed E-state index contributed by atoms with van der Waals surface area (Å²) in [6, 6.07) is -0.842. The van der Waals surface area contributed by atoms with Gasteiger partial charge in [0, 0.05) is 18.3 Å². The molecule has 2 heterocycles. The van der Waals surface area contributed by atoms with Crippen molar-refractivity contribution in [1.29, 1.82) is 0 Å². The lowest BCUT2D eigenvalue weighted by Crippen LogP contribution is -2.33. The minimum atomic E-state index is -4.54. The van der Waals surface area contributed by atoms with Gasteiger partial charge in [0.05, 0.1) is 6.54 Å². The Bertz CT molecular complexity index is 875. The van der Waals surface area contributed by atoms with Gasteiger partial charge in [-0.25, -0.2) is 0 Å². The van der Waals surface area contributed by atoms with E-state index in [0.717, 1.165) is 0 Å². The molecule has 148 valence electrons. The molecular weight excluding hydrogens is 406 g/mol. The van der Waals surface area contributed by atoms with Gasteiger partial charge in [-0.1, -0.05) is 30.1 Å². The molecule has 1 aliphatic rings. The van der Waals surface area contributed by atoms with E-state index in [-0.39, 0.29) is 22.3 Å². The molecule has 0 spiro atoms. The number of aromatic nitrogens is 4. The zero-order valence-corrected chi connectivity index (χ0v) is 16.2. The molecule has 1 amide bonds. The van der Waals surface area contributed by atoms with E-state index in [0.29, 0.717) is 37.1 Å². The first-order valence-electron chi connectivity index (χ1n) is 8.47. The molecule has 0 saturated heterocycles. The third-order valence-electron chi connectivity index (χ3n) is 4.63. The highest BCUT2D eigenvalue weighted by atomic mass is 35.5. The molecule has 0 saturated carbocycles. The lowest BCUT2D eigenvalue weighted by atomic mass is 10.1. The van der Waals surface area contributed by atoms with Gasteiger partial charge >= 0.3 is 6.18 Å². The quantitative estimate of drug-likeness (QED) is 0.797. The highest BCUT2D eigenvalue weighted by molar-refractivity contribution is 6.41. The van der Waals surface area contributed by atoms with Crippen LogP contribution in [0.15, 0.2) is 0 Å². The molecule has 2 aromatic rings. The summed E-state index contributed by atoms with van der Waals surface area (Å²) < 4.78 is 42.4. The summed E-state index contributed by atoms with van der Waals surface area (Å²) in [5.74, 6) is -0.443. The number of carbonyl (C=O) groups excluding carboxylic acids is 1. The molecular formula is C16H18Cl2F3N5O. The normalized spacial score (nSPS) is 15.1. The summed E-state index contributed by atoms with van der Waals surface area (Å²) in [6.45, 7) is 1.75. The van der Waals surface area contributed by atoms with Gasteiger partial charge < -0.3 is 5.32 Å². The minimum Gasteiger partial charge on any atom is -0.348 e. The molecule has 0 unspecified atom stereocenters. The lowest BCUT2D eigenvalue weighted by Gasteiger charge is -2.17. The maximum atomic E-state index is 13.3. The van der Waals surface area contributed by atoms with Crippen molar-refractivity contribution in [3.05, 3.63) is 32.8 Å². The SMILES string of the molecule is CC[C@@H](C(=O)NCc1nn(C)c(Cl)c1Cl)n1nc(C(F)(F)F)c2c1CCC2. The van der Waals surface area contributed by atoms with Crippen molar-refractivity contribution < 1.29 is 18.0 Å². The monoisotopic (exact) mass is 423 g/mol. The molecule has 0 radical (unpaired) electrons. The Hall–Kier alpha value is -1.74. The lowest BCUT2D eigenvalue weighted by molar-refractivity contribution is -0.142. The number of nitrogens with one attached hydrogen (secondary N) is 1. The minimum absolute atomic E-state index is 0.0182. The van der Waals surface area contributed by atoms with Gasteiger partial charge in [-0.15, -0.1) is 0 Å². The van der Waals surface area contributed by atoms with Crippen LogP contribution in [0.4, 0.5) is 13.2 Å². The van der Waals surface area contributed by atoms with E-state index in [4.69, 9.17) is 23.2 Å². The smallest absolute Gasteiger partial charge is 0.348 e. The summed E-state index contributed by atoms with van der Waals surface area (Å²) in [5, 5.41) is 11.0. The van der Waals surface area contributed by atoms with Gasteiger partial charge in [0.2, 0.25) is 5.91 Å². The van der Waals surface area contributed by atoms with Crippen molar-refractivity contribution >= 4 is 29.1 Å². The predicted octanol–water partition coefficient (Wildman–Crippen LogP) is 3.70. The number of hydrogen-bond acceptors (Lipinski definition) is 3. The number of fused-ring (bicyclic) bond motifs is 1. The molecule has 1 atom stereocenters. The molecule has 0 aromatic carbocycles. The summed E-state index contributed by atoms with van der Waals surface area (Å²) in [6.07, 6.45) is -2.81. The molecule has 1 aliphatic carbocycles. The first-order chi connectivity index (χ1) is 12.6. The third-order valence-corrected chi connectivity index (χ3v) is 5.56. The summed E-state index contributed by atoms with van der Waals surface area (Å²) >= 11 is 12.0. The summed E-state index contributed by atoms with van der Waals surface area (Å²) in [4.78, 5) is 12.6. The van der Waals surface area contributed by atoms with Crippen LogP contribution in [-0.2, 0) is 37.4 Å². The van der Waals surface area contributed by atoms with Crippen molar-refractivity contribution in [2.45, 2.75) is 51.4 Å². The van der Waals surface area contributed by atoms with Gasteiger partial charge in [-0.3, -0.25) is 14.2 Å².